The van der Waals surface area contributed by atoms with Crippen LogP contribution in [0.4, 0.5) is 0 Å². The smallest absolute Gasteiger partial charge is 0.251 e. The Hall–Kier alpha value is -2.44. The van der Waals surface area contributed by atoms with Gasteiger partial charge in [-0.25, -0.2) is 0 Å². The lowest BCUT2D eigenvalue weighted by molar-refractivity contribution is 0.0924. The van der Waals surface area contributed by atoms with Crippen LogP contribution in [0.5, 0.6) is 17.2 Å². The number of methoxy groups -OCH3 is 3. The summed E-state index contributed by atoms with van der Waals surface area (Å²) < 4.78 is 15.8. The van der Waals surface area contributed by atoms with E-state index in [9.17, 15) is 4.79 Å². The van der Waals surface area contributed by atoms with E-state index >= 15 is 0 Å². The Labute approximate surface area is 183 Å². The van der Waals surface area contributed by atoms with Crippen LogP contribution in [-0.4, -0.2) is 51.8 Å². The molecule has 1 amide bonds. The van der Waals surface area contributed by atoms with Gasteiger partial charge >= 0.3 is 0 Å². The molecule has 1 heterocycles. The lowest BCUT2D eigenvalue weighted by Crippen LogP contribution is -2.40. The van der Waals surface area contributed by atoms with Crippen LogP contribution in [0.25, 0.3) is 0 Å². The van der Waals surface area contributed by atoms with Gasteiger partial charge < -0.3 is 19.5 Å². The summed E-state index contributed by atoms with van der Waals surface area (Å²) in [6.45, 7) is 2.54. The summed E-state index contributed by atoms with van der Waals surface area (Å²) in [6, 6.07) is 11.4. The third-order valence-electron chi connectivity index (χ3n) is 5.48. The number of nitrogens with zero attached hydrogens (tertiary/aromatic N) is 1. The van der Waals surface area contributed by atoms with Crippen molar-refractivity contribution in [2.75, 3.05) is 41.0 Å². The van der Waals surface area contributed by atoms with Gasteiger partial charge in [0.05, 0.1) is 32.4 Å². The zero-order valence-electron chi connectivity index (χ0n) is 17.7. The molecule has 1 fully saturated rings. The molecule has 6 nitrogen and oxygen atoms in total. The summed E-state index contributed by atoms with van der Waals surface area (Å²) in [4.78, 5) is 15.3. The van der Waals surface area contributed by atoms with Crippen molar-refractivity contribution in [3.8, 4) is 17.2 Å². The van der Waals surface area contributed by atoms with E-state index in [2.05, 4.69) is 22.3 Å². The molecular formula is C23H29ClN2O4. The molecule has 30 heavy (non-hydrogen) atoms. The van der Waals surface area contributed by atoms with E-state index in [1.54, 1.807) is 19.2 Å². The number of ether oxygens (including phenoxy) is 3. The van der Waals surface area contributed by atoms with Crippen LogP contribution in [0, 0.1) is 0 Å². The molecule has 0 aromatic heterocycles. The minimum atomic E-state index is -0.201. The van der Waals surface area contributed by atoms with Gasteiger partial charge in [0.15, 0.2) is 11.5 Å². The van der Waals surface area contributed by atoms with E-state index in [-0.39, 0.29) is 11.9 Å². The Balaban J connectivity index is 1.77. The van der Waals surface area contributed by atoms with Gasteiger partial charge in [-0.2, -0.15) is 0 Å². The van der Waals surface area contributed by atoms with Crippen LogP contribution in [-0.2, 0) is 0 Å². The predicted octanol–water partition coefficient (Wildman–Crippen LogP) is 4.32. The molecule has 1 atom stereocenters. The summed E-state index contributed by atoms with van der Waals surface area (Å²) >= 11 is 6.26. The number of hydrogen-bond acceptors (Lipinski definition) is 5. The van der Waals surface area contributed by atoms with Gasteiger partial charge in [-0.05, 0) is 55.8 Å². The lowest BCUT2D eigenvalue weighted by Gasteiger charge is -2.35. The van der Waals surface area contributed by atoms with Gasteiger partial charge in [-0.3, -0.25) is 9.69 Å². The molecule has 1 N–H and O–H groups in total. The van der Waals surface area contributed by atoms with Gasteiger partial charge in [-0.1, -0.05) is 30.2 Å². The first-order chi connectivity index (χ1) is 14.6. The van der Waals surface area contributed by atoms with E-state index in [0.29, 0.717) is 28.6 Å². The van der Waals surface area contributed by atoms with E-state index in [1.165, 1.54) is 33.5 Å². The quantitative estimate of drug-likeness (QED) is 0.673. The number of rotatable bonds is 8. The first-order valence-electron chi connectivity index (χ1n) is 10.1. The maximum Gasteiger partial charge on any atom is 0.251 e. The van der Waals surface area contributed by atoms with Crippen molar-refractivity contribution in [2.24, 2.45) is 0 Å². The van der Waals surface area contributed by atoms with Crippen molar-refractivity contribution < 1.29 is 19.0 Å². The fourth-order valence-electron chi connectivity index (χ4n) is 3.85. The molecule has 1 aliphatic rings. The van der Waals surface area contributed by atoms with Crippen molar-refractivity contribution in [3.05, 3.63) is 52.5 Å². The molecular weight excluding hydrogens is 404 g/mol. The van der Waals surface area contributed by atoms with Crippen LogP contribution in [0.3, 0.4) is 0 Å². The summed E-state index contributed by atoms with van der Waals surface area (Å²) in [5.74, 6) is 1.46. The van der Waals surface area contributed by atoms with Crippen LogP contribution < -0.4 is 19.5 Å². The number of nitrogens with one attached hydrogen (secondary N) is 1. The number of piperidine rings is 1. The third kappa shape index (κ3) is 5.18. The second-order valence-corrected chi connectivity index (χ2v) is 7.70. The van der Waals surface area contributed by atoms with Crippen LogP contribution in [0.2, 0.25) is 5.02 Å². The SMILES string of the molecule is COc1ccc(C(CNC(=O)c2cc(Cl)c(OC)c(OC)c2)N2CCCCC2)cc1. The van der Waals surface area contributed by atoms with Gasteiger partial charge in [0, 0.05) is 12.1 Å². The summed E-state index contributed by atoms with van der Waals surface area (Å²) in [5.41, 5.74) is 1.59. The van der Waals surface area contributed by atoms with Crippen LogP contribution in [0.1, 0.15) is 41.2 Å². The predicted molar refractivity (Wildman–Crippen MR) is 118 cm³/mol. The fourth-order valence-corrected chi connectivity index (χ4v) is 4.14. The minimum Gasteiger partial charge on any atom is -0.497 e. The second kappa shape index (κ2) is 10.5. The number of benzene rings is 2. The first-order valence-corrected chi connectivity index (χ1v) is 10.5. The van der Waals surface area contributed by atoms with Gasteiger partial charge in [0.2, 0.25) is 0 Å². The highest BCUT2D eigenvalue weighted by molar-refractivity contribution is 6.32. The largest absolute Gasteiger partial charge is 0.497 e. The van der Waals surface area contributed by atoms with E-state index in [0.717, 1.165) is 24.4 Å². The Morgan fingerprint density at radius 2 is 1.73 bits per heavy atom. The van der Waals surface area contributed by atoms with E-state index < -0.39 is 0 Å². The molecule has 3 rings (SSSR count). The Morgan fingerprint density at radius 3 is 2.33 bits per heavy atom. The fraction of sp³-hybridized carbons (Fsp3) is 0.435. The number of hydrogen-bond donors (Lipinski definition) is 1. The van der Waals surface area contributed by atoms with Crippen molar-refractivity contribution in [2.45, 2.75) is 25.3 Å². The minimum absolute atomic E-state index is 0.0933. The number of carbonyl (C=O) groups excluding carboxylic acids is 1. The topological polar surface area (TPSA) is 60.0 Å². The number of likely N-dealkylation sites (tertiary alicyclic amines) is 1. The molecule has 162 valence electrons. The van der Waals surface area contributed by atoms with Crippen molar-refractivity contribution in [1.82, 2.24) is 10.2 Å². The lowest BCUT2D eigenvalue weighted by atomic mass is 10.0. The summed E-state index contributed by atoms with van der Waals surface area (Å²) in [7, 11) is 4.69. The van der Waals surface area contributed by atoms with Crippen LogP contribution >= 0.6 is 11.6 Å². The molecule has 7 heteroatoms. The molecule has 0 radical (unpaired) electrons. The zero-order valence-corrected chi connectivity index (χ0v) is 18.5. The highest BCUT2D eigenvalue weighted by atomic mass is 35.5. The summed E-state index contributed by atoms with van der Waals surface area (Å²) in [6.07, 6.45) is 3.60. The molecule has 0 aliphatic carbocycles. The molecule has 0 spiro atoms. The van der Waals surface area contributed by atoms with E-state index in [1.807, 2.05) is 12.1 Å². The van der Waals surface area contributed by atoms with Crippen molar-refractivity contribution >= 4 is 17.5 Å². The van der Waals surface area contributed by atoms with Crippen molar-refractivity contribution in [1.29, 1.82) is 0 Å². The number of carbonyl (C=O) groups is 1. The normalized spacial score (nSPS) is 15.3. The summed E-state index contributed by atoms with van der Waals surface area (Å²) in [5, 5.41) is 3.41. The van der Waals surface area contributed by atoms with Gasteiger partial charge in [0.1, 0.15) is 5.75 Å². The maximum absolute atomic E-state index is 12.9. The van der Waals surface area contributed by atoms with Gasteiger partial charge in [-0.15, -0.1) is 0 Å². The number of halogens is 1. The van der Waals surface area contributed by atoms with E-state index in [4.69, 9.17) is 25.8 Å². The van der Waals surface area contributed by atoms with Gasteiger partial charge in [0.25, 0.3) is 5.91 Å². The Morgan fingerprint density at radius 1 is 1.03 bits per heavy atom. The second-order valence-electron chi connectivity index (χ2n) is 7.29. The Bertz CT molecular complexity index is 851. The molecule has 0 bridgehead atoms. The first kappa shape index (κ1) is 22.2. The monoisotopic (exact) mass is 432 g/mol. The average molecular weight is 433 g/mol. The van der Waals surface area contributed by atoms with Crippen LogP contribution in [0.15, 0.2) is 36.4 Å². The molecule has 0 saturated carbocycles. The highest BCUT2D eigenvalue weighted by Crippen LogP contribution is 2.36. The molecule has 2 aromatic carbocycles. The molecule has 2 aromatic rings. The standard InChI is InChI=1S/C23H29ClN2O4/c1-28-18-9-7-16(8-10-18)20(26-11-5-4-6-12-26)15-25-23(27)17-13-19(24)22(30-3)21(14-17)29-2/h7-10,13-14,20H,4-6,11-12,15H2,1-3H3,(H,25,27). The molecule has 1 saturated heterocycles. The number of amides is 1. The third-order valence-corrected chi connectivity index (χ3v) is 5.76. The Kier molecular flexibility index (Phi) is 7.82. The maximum atomic E-state index is 12.9. The zero-order chi connectivity index (χ0) is 21.5. The highest BCUT2D eigenvalue weighted by Gasteiger charge is 2.24. The molecule has 1 unspecified atom stereocenters. The average Bonchev–Trinajstić information content (AvgIpc) is 2.79. The molecule has 1 aliphatic heterocycles. The van der Waals surface area contributed by atoms with Crippen molar-refractivity contribution in [3.63, 3.8) is 0 Å².